The number of piperazine rings is 1. The number of aliphatic hydroxyl groups is 1. The second-order valence-electron chi connectivity index (χ2n) is 14.3. The molecule has 0 spiro atoms. The van der Waals surface area contributed by atoms with Gasteiger partial charge in [0, 0.05) is 38.8 Å². The quantitative estimate of drug-likeness (QED) is 0.435. The lowest BCUT2D eigenvalue weighted by Crippen LogP contribution is -2.51. The second-order valence-corrected chi connectivity index (χ2v) is 14.3. The van der Waals surface area contributed by atoms with E-state index >= 15 is 0 Å². The SMILES string of the molecule is COc1cccnc1N1CCN(C(=O)CCC(C)[C@H]2CC[C@H]3[C@@H]4CC=C5C[C@@H](O)CC[C@]5(C)[C@H]4CC[C@]23C)CC1. The molecule has 1 unspecified atom stereocenters. The maximum Gasteiger partial charge on any atom is 0.222 e. The minimum absolute atomic E-state index is 0.127. The number of aliphatic hydroxyl groups excluding tert-OH is 1. The number of methoxy groups -OCH3 is 1. The van der Waals surface area contributed by atoms with E-state index in [1.54, 1.807) is 18.9 Å². The molecule has 6 rings (SSSR count). The predicted molar refractivity (Wildman–Crippen MR) is 159 cm³/mol. The van der Waals surface area contributed by atoms with Crippen LogP contribution in [0.4, 0.5) is 5.82 Å². The molecule has 1 aromatic heterocycles. The summed E-state index contributed by atoms with van der Waals surface area (Å²) in [6.45, 7) is 10.7. The van der Waals surface area contributed by atoms with Gasteiger partial charge in [-0.25, -0.2) is 4.98 Å². The van der Waals surface area contributed by atoms with Crippen molar-refractivity contribution in [2.24, 2.45) is 40.4 Å². The highest BCUT2D eigenvalue weighted by atomic mass is 16.5. The van der Waals surface area contributed by atoms with E-state index in [0.717, 1.165) is 87.1 Å². The Balaban J connectivity index is 1.04. The number of ether oxygens (including phenoxy) is 1. The van der Waals surface area contributed by atoms with Crippen LogP contribution >= 0.6 is 0 Å². The molecule has 4 fully saturated rings. The van der Waals surface area contributed by atoms with Gasteiger partial charge in [-0.05, 0) is 110 Å². The number of hydrogen-bond acceptors (Lipinski definition) is 5. The normalized spacial score (nSPS) is 38.1. The number of carbonyl (C=O) groups is 1. The molecule has 0 aromatic carbocycles. The number of nitrogens with zero attached hydrogens (tertiary/aromatic N) is 3. The first-order chi connectivity index (χ1) is 19.2. The molecule has 5 aliphatic rings. The van der Waals surface area contributed by atoms with E-state index in [-0.39, 0.29) is 6.10 Å². The van der Waals surface area contributed by atoms with Gasteiger partial charge in [-0.3, -0.25) is 4.79 Å². The van der Waals surface area contributed by atoms with Gasteiger partial charge in [0.15, 0.2) is 11.6 Å². The Morgan fingerprint density at radius 2 is 1.93 bits per heavy atom. The van der Waals surface area contributed by atoms with Crippen LogP contribution in [-0.2, 0) is 4.79 Å². The summed E-state index contributed by atoms with van der Waals surface area (Å²) in [5.41, 5.74) is 2.29. The molecule has 0 bridgehead atoms. The summed E-state index contributed by atoms with van der Waals surface area (Å²) in [7, 11) is 1.69. The van der Waals surface area contributed by atoms with Crippen molar-refractivity contribution in [3.63, 3.8) is 0 Å². The third-order valence-electron chi connectivity index (χ3n) is 12.6. The summed E-state index contributed by atoms with van der Waals surface area (Å²) < 4.78 is 5.50. The van der Waals surface area contributed by atoms with Crippen LogP contribution in [0.2, 0.25) is 0 Å². The molecular formula is C34H51N3O3. The Kier molecular flexibility index (Phi) is 7.69. The third-order valence-corrected chi connectivity index (χ3v) is 12.6. The first-order valence-corrected chi connectivity index (χ1v) is 16.1. The van der Waals surface area contributed by atoms with Crippen molar-refractivity contribution in [2.45, 2.75) is 91.1 Å². The van der Waals surface area contributed by atoms with Crippen LogP contribution in [0, 0.1) is 40.4 Å². The topological polar surface area (TPSA) is 65.9 Å². The number of hydrogen-bond donors (Lipinski definition) is 1. The van der Waals surface area contributed by atoms with Crippen molar-refractivity contribution in [3.8, 4) is 5.75 Å². The highest BCUT2D eigenvalue weighted by Crippen LogP contribution is 2.67. The number of fused-ring (bicyclic) bond motifs is 5. The number of carbonyl (C=O) groups excluding carboxylic acids is 1. The van der Waals surface area contributed by atoms with Crippen LogP contribution in [0.1, 0.15) is 85.0 Å². The summed E-state index contributed by atoms with van der Waals surface area (Å²) in [5.74, 6) is 5.71. The minimum atomic E-state index is -0.127. The largest absolute Gasteiger partial charge is 0.493 e. The van der Waals surface area contributed by atoms with E-state index in [1.807, 2.05) is 12.1 Å². The van der Waals surface area contributed by atoms with Gasteiger partial charge < -0.3 is 19.6 Å². The molecule has 6 nitrogen and oxygen atoms in total. The molecule has 2 heterocycles. The summed E-state index contributed by atoms with van der Waals surface area (Å²) >= 11 is 0. The van der Waals surface area contributed by atoms with E-state index in [1.165, 1.54) is 32.1 Å². The summed E-state index contributed by atoms with van der Waals surface area (Å²) in [6.07, 6.45) is 15.5. The van der Waals surface area contributed by atoms with Gasteiger partial charge in [-0.2, -0.15) is 0 Å². The van der Waals surface area contributed by atoms with Crippen molar-refractivity contribution in [1.82, 2.24) is 9.88 Å². The molecule has 40 heavy (non-hydrogen) atoms. The van der Waals surface area contributed by atoms with E-state index < -0.39 is 0 Å². The number of aromatic nitrogens is 1. The highest BCUT2D eigenvalue weighted by Gasteiger charge is 2.59. The monoisotopic (exact) mass is 549 g/mol. The van der Waals surface area contributed by atoms with Crippen LogP contribution in [0.3, 0.4) is 0 Å². The average molecular weight is 550 g/mol. The molecule has 1 aromatic rings. The summed E-state index contributed by atoms with van der Waals surface area (Å²) in [6, 6.07) is 3.85. The molecule has 1 N–H and O–H groups in total. The molecule has 3 saturated carbocycles. The fraction of sp³-hybridized carbons (Fsp3) is 0.765. The van der Waals surface area contributed by atoms with E-state index in [0.29, 0.717) is 29.1 Å². The maximum atomic E-state index is 13.3. The van der Waals surface area contributed by atoms with Gasteiger partial charge in [0.25, 0.3) is 0 Å². The lowest BCUT2D eigenvalue weighted by atomic mass is 9.47. The van der Waals surface area contributed by atoms with Crippen molar-refractivity contribution in [3.05, 3.63) is 30.0 Å². The van der Waals surface area contributed by atoms with Gasteiger partial charge in [-0.15, -0.1) is 0 Å². The van der Waals surface area contributed by atoms with Crippen molar-refractivity contribution in [2.75, 3.05) is 38.2 Å². The number of amides is 1. The third kappa shape index (κ3) is 4.76. The maximum absolute atomic E-state index is 13.3. The molecule has 220 valence electrons. The zero-order valence-electron chi connectivity index (χ0n) is 25.3. The number of allylic oxidation sites excluding steroid dienone is 1. The molecule has 8 atom stereocenters. The molecule has 1 saturated heterocycles. The Hall–Kier alpha value is -2.08. The summed E-state index contributed by atoms with van der Waals surface area (Å²) in [4.78, 5) is 22.1. The Bertz CT molecular complexity index is 1110. The van der Waals surface area contributed by atoms with Crippen LogP contribution < -0.4 is 9.64 Å². The van der Waals surface area contributed by atoms with Crippen LogP contribution in [-0.4, -0.2) is 60.3 Å². The van der Waals surface area contributed by atoms with Crippen molar-refractivity contribution in [1.29, 1.82) is 0 Å². The number of anilines is 1. The van der Waals surface area contributed by atoms with E-state index in [2.05, 4.69) is 41.6 Å². The van der Waals surface area contributed by atoms with Crippen molar-refractivity contribution >= 4 is 11.7 Å². The van der Waals surface area contributed by atoms with Gasteiger partial charge in [0.1, 0.15) is 0 Å². The lowest BCUT2D eigenvalue weighted by molar-refractivity contribution is -0.132. The Morgan fingerprint density at radius 1 is 1.12 bits per heavy atom. The first kappa shape index (κ1) is 28.1. The van der Waals surface area contributed by atoms with E-state index in [4.69, 9.17) is 4.74 Å². The number of pyridine rings is 1. The zero-order valence-corrected chi connectivity index (χ0v) is 25.3. The van der Waals surface area contributed by atoms with Gasteiger partial charge in [0.05, 0.1) is 13.2 Å². The van der Waals surface area contributed by atoms with Crippen LogP contribution in [0.25, 0.3) is 0 Å². The molecule has 1 amide bonds. The van der Waals surface area contributed by atoms with Crippen molar-refractivity contribution < 1.29 is 14.6 Å². The smallest absolute Gasteiger partial charge is 0.222 e. The van der Waals surface area contributed by atoms with Gasteiger partial charge in [-0.1, -0.05) is 32.4 Å². The standard InChI is InChI=1S/C34H51N3O3/c1-23(7-12-31(39)36-18-20-37(21-19-36)32-30(40-4)6-5-17-35-32)27-10-11-28-26-9-8-24-22-25(38)13-15-33(24,2)29(26)14-16-34(27,28)3/h5-6,8,17,23,25-29,38H,7,9-16,18-22H2,1-4H3/t23?,25-,26-,27+,28-,29-,33-,34+/m0/s1. The molecule has 1 aliphatic heterocycles. The van der Waals surface area contributed by atoms with Gasteiger partial charge >= 0.3 is 0 Å². The zero-order chi connectivity index (χ0) is 28.1. The Labute approximate surface area is 241 Å². The molecular weight excluding hydrogens is 498 g/mol. The van der Waals surface area contributed by atoms with Crippen LogP contribution in [0.15, 0.2) is 30.0 Å². The predicted octanol–water partition coefficient (Wildman–Crippen LogP) is 6.10. The second kappa shape index (κ2) is 11.0. The lowest BCUT2D eigenvalue weighted by Gasteiger charge is -2.58. The fourth-order valence-corrected chi connectivity index (χ4v) is 10.3. The first-order valence-electron chi connectivity index (χ1n) is 16.1. The fourth-order valence-electron chi connectivity index (χ4n) is 10.3. The molecule has 4 aliphatic carbocycles. The minimum Gasteiger partial charge on any atom is -0.493 e. The van der Waals surface area contributed by atoms with Crippen LogP contribution in [0.5, 0.6) is 5.75 Å². The average Bonchev–Trinajstić information content (AvgIpc) is 3.33. The van der Waals surface area contributed by atoms with Gasteiger partial charge in [0.2, 0.25) is 5.91 Å². The number of rotatable bonds is 6. The molecule has 0 radical (unpaired) electrons. The Morgan fingerprint density at radius 3 is 2.70 bits per heavy atom. The highest BCUT2D eigenvalue weighted by molar-refractivity contribution is 5.76. The molecule has 6 heteroatoms. The van der Waals surface area contributed by atoms with E-state index in [9.17, 15) is 9.90 Å². The summed E-state index contributed by atoms with van der Waals surface area (Å²) in [5, 5.41) is 10.3.